The van der Waals surface area contributed by atoms with Crippen LogP contribution in [0.1, 0.15) is 413 Å². The highest BCUT2D eigenvalue weighted by molar-refractivity contribution is 6.05. The van der Waals surface area contributed by atoms with Crippen LogP contribution in [0.2, 0.25) is 0 Å². The summed E-state index contributed by atoms with van der Waals surface area (Å²) in [7, 11) is 0. The van der Waals surface area contributed by atoms with Gasteiger partial charge < -0.3 is 0 Å². The highest BCUT2D eigenvalue weighted by atomic mass is 14.9. The minimum absolute atomic E-state index is 0.224. The number of fused-ring (bicyclic) bond motifs is 6. The maximum Gasteiger partial charge on any atom is 0.0849 e. The van der Waals surface area contributed by atoms with E-state index in [2.05, 4.69) is 335 Å². The first-order valence-corrected chi connectivity index (χ1v) is 41.6. The number of aliphatic imine (C=N–C) groups is 6. The first-order chi connectivity index (χ1) is 52.4. The molecule has 0 unspecified atom stereocenters. The molecule has 7 aliphatic heterocycles. The summed E-state index contributed by atoms with van der Waals surface area (Å²) in [5, 5.41) is 0. The lowest BCUT2D eigenvalue weighted by atomic mass is 9.86. The van der Waals surface area contributed by atoms with E-state index in [1.165, 1.54) is 100 Å². The van der Waals surface area contributed by atoms with E-state index in [9.17, 15) is 0 Å². The van der Waals surface area contributed by atoms with Gasteiger partial charge in [-0.05, 0) is 268 Å². The molecule has 10 heterocycles. The lowest BCUT2D eigenvalue weighted by Gasteiger charge is -2.22. The highest BCUT2D eigenvalue weighted by Crippen LogP contribution is 2.45. The van der Waals surface area contributed by atoms with Crippen molar-refractivity contribution < 1.29 is 0 Å². The van der Waals surface area contributed by atoms with Crippen molar-refractivity contribution in [2.24, 2.45) is 30.0 Å². The number of hydrogen-bond acceptors (Lipinski definition) is 9. The monoisotopic (exact) mass is 1480 g/mol. The summed E-state index contributed by atoms with van der Waals surface area (Å²) in [5.74, 6) is 2.69. The van der Waals surface area contributed by atoms with Gasteiger partial charge in [0.25, 0.3) is 0 Å². The Hall–Kier alpha value is -9.21. The van der Waals surface area contributed by atoms with E-state index < -0.39 is 0 Å². The second-order valence-corrected chi connectivity index (χ2v) is 35.5. The van der Waals surface area contributed by atoms with E-state index in [1.807, 2.05) is 0 Å². The molecule has 582 valence electrons. The fraction of sp³-hybridized carbons (Fsp3) is 0.441. The molecule has 0 amide bonds. The number of hydrogen-bond donors (Lipinski definition) is 0. The van der Waals surface area contributed by atoms with Gasteiger partial charge in [-0.1, -0.05) is 257 Å². The van der Waals surface area contributed by atoms with Crippen molar-refractivity contribution in [3.05, 3.63) is 262 Å². The Morgan fingerprint density at radius 1 is 0.180 bits per heavy atom. The third-order valence-corrected chi connectivity index (χ3v) is 22.2. The van der Waals surface area contributed by atoms with Crippen LogP contribution in [-0.2, 0) is 19.3 Å². The number of benzene rings is 6. The van der Waals surface area contributed by atoms with Crippen molar-refractivity contribution in [2.45, 2.75) is 298 Å². The molecule has 0 N–H and O–H groups in total. The molecule has 7 aliphatic rings. The van der Waals surface area contributed by atoms with Crippen molar-refractivity contribution >= 4 is 68.4 Å². The van der Waals surface area contributed by atoms with E-state index in [0.29, 0.717) is 0 Å². The number of nitrogens with zero attached hydrogens (tertiary/aromatic N) is 9. The van der Waals surface area contributed by atoms with Crippen LogP contribution in [0.25, 0.3) is 0 Å². The predicted octanol–water partition coefficient (Wildman–Crippen LogP) is 29.3. The molecule has 9 nitrogen and oxygen atoms in total. The van der Waals surface area contributed by atoms with Crippen LogP contribution in [0.15, 0.2) is 157 Å². The first kappa shape index (κ1) is 84.2. The second kappa shape index (κ2) is 35.6. The zero-order valence-corrected chi connectivity index (χ0v) is 73.2. The molecule has 111 heavy (non-hydrogen) atoms. The van der Waals surface area contributed by atoms with Crippen LogP contribution in [0.4, 0.5) is 34.1 Å². The molecule has 0 spiro atoms. The Morgan fingerprint density at radius 3 is 0.387 bits per heavy atom. The number of rotatable bonds is 12. The minimum atomic E-state index is 0.224. The molecule has 9 heteroatoms. The molecule has 0 fully saturated rings. The standard InChI is InChI=1S/C102H129N9/c1-55(2)79-43-73-40-74-45-81(57(5)6)98(82(46-74)58(7)8)105-69(27)93-36-32-37-94(110-93)70(28)106-100-87(63(17)18)51-77(52-88(100)64(19)20)42-78-53-89(65(21)22)102(90(54-78)66(23)24)108-72(30)96-39-33-38-95(111-96)71(29)107-101-85(61(13)14)49-76(50-86(101)62(15)16)41-75-47-83(59(9)10)99(84(48-75)60(11)12)104-68(26)92-35-31-34-91(109-92)67(25)103-97(79)80(44-73)56(3)4/h31-39,43-66H,40-42H2,1-30H3. The van der Waals surface area contributed by atoms with Crippen LogP contribution in [0.3, 0.4) is 0 Å². The molecular formula is C102H129N9. The molecule has 0 saturated carbocycles. The summed E-state index contributed by atoms with van der Waals surface area (Å²) in [6.45, 7) is 67.8. The fourth-order valence-corrected chi connectivity index (χ4v) is 15.7. The van der Waals surface area contributed by atoms with Crippen molar-refractivity contribution in [1.29, 1.82) is 0 Å². The Kier molecular flexibility index (Phi) is 27.1. The van der Waals surface area contributed by atoms with Crippen LogP contribution < -0.4 is 0 Å². The SMILES string of the molecule is CC1=Nc2c(C(C)C)cc(cc2C(C)C)Cc2cc(C(C)C)c(c(C(C)C)c2)N=C(C)c2cccc(n2)C(C)=Nc2c(C(C)C)cc(cc2C(C)C)Cc2cc(C(C)C)c(c(C(C)C)c2)N=C(C)c2cccc(n2)C(C)=Nc2c(C(C)C)cc(cc2C(C)C)Cc2cc(C(C)C)c(c(C(C)C)c2)N=C(C)c2cccc1n2. The molecule has 6 aromatic carbocycles. The van der Waals surface area contributed by atoms with E-state index in [0.717, 1.165) is 122 Å². The Balaban J connectivity index is 1.15. The molecule has 0 aliphatic carbocycles. The molecule has 3 aromatic heterocycles. The van der Waals surface area contributed by atoms with E-state index in [-0.39, 0.29) is 71.0 Å². The van der Waals surface area contributed by atoms with Crippen molar-refractivity contribution in [1.82, 2.24) is 15.0 Å². The van der Waals surface area contributed by atoms with Crippen LogP contribution in [-0.4, -0.2) is 49.2 Å². The molecule has 0 saturated heterocycles. The van der Waals surface area contributed by atoms with Crippen molar-refractivity contribution in [2.75, 3.05) is 0 Å². The van der Waals surface area contributed by atoms with Gasteiger partial charge in [-0.25, -0.2) is 15.0 Å². The maximum absolute atomic E-state index is 5.59. The summed E-state index contributed by atoms with van der Waals surface area (Å²) < 4.78 is 0. The lowest BCUT2D eigenvalue weighted by Crippen LogP contribution is -2.08. The number of pyridine rings is 3. The van der Waals surface area contributed by atoms with Gasteiger partial charge in [0.15, 0.2) is 0 Å². The van der Waals surface area contributed by atoms with Gasteiger partial charge in [-0.2, -0.15) is 0 Å². The minimum Gasteiger partial charge on any atom is -0.251 e. The normalized spacial score (nSPS) is 13.8. The molecule has 9 aromatic rings. The average molecular weight is 1480 g/mol. The maximum atomic E-state index is 5.59. The molecule has 0 atom stereocenters. The third kappa shape index (κ3) is 19.5. The predicted molar refractivity (Wildman–Crippen MR) is 480 cm³/mol. The van der Waals surface area contributed by atoms with Crippen LogP contribution in [0.5, 0.6) is 0 Å². The quantitative estimate of drug-likeness (QED) is 0.121. The fourth-order valence-electron chi connectivity index (χ4n) is 15.7. The van der Waals surface area contributed by atoms with Crippen molar-refractivity contribution in [3.8, 4) is 0 Å². The van der Waals surface area contributed by atoms with Gasteiger partial charge in [0.05, 0.1) is 103 Å². The van der Waals surface area contributed by atoms with Crippen molar-refractivity contribution in [3.63, 3.8) is 0 Å². The average Bonchev–Trinajstić information content (AvgIpc) is 0.794. The Labute approximate surface area is 669 Å². The van der Waals surface area contributed by atoms with E-state index >= 15 is 0 Å². The van der Waals surface area contributed by atoms with Crippen LogP contribution in [0, 0.1) is 0 Å². The largest absolute Gasteiger partial charge is 0.251 e. The number of aromatic nitrogens is 3. The molecular weight excluding hydrogens is 1350 g/mol. The summed E-state index contributed by atoms with van der Waals surface area (Å²) in [4.78, 5) is 49.6. The zero-order chi connectivity index (χ0) is 81.0. The molecule has 0 radical (unpaired) electrons. The van der Waals surface area contributed by atoms with Gasteiger partial charge in [0.2, 0.25) is 0 Å². The third-order valence-electron chi connectivity index (χ3n) is 22.2. The second-order valence-electron chi connectivity index (χ2n) is 35.5. The lowest BCUT2D eigenvalue weighted by molar-refractivity contribution is 0.823. The van der Waals surface area contributed by atoms with Crippen LogP contribution >= 0.6 is 0 Å². The van der Waals surface area contributed by atoms with E-state index in [4.69, 9.17) is 44.9 Å². The Bertz CT molecular complexity index is 4140. The smallest absolute Gasteiger partial charge is 0.0849 e. The molecule has 18 bridgehead atoms. The molecule has 16 rings (SSSR count). The van der Waals surface area contributed by atoms with E-state index in [1.54, 1.807) is 0 Å². The topological polar surface area (TPSA) is 113 Å². The summed E-state index contributed by atoms with van der Waals surface area (Å²) in [6, 6.07) is 47.9. The summed E-state index contributed by atoms with van der Waals surface area (Å²) in [5.41, 5.74) is 39.1. The summed E-state index contributed by atoms with van der Waals surface area (Å²) in [6.07, 6.45) is 2.35. The summed E-state index contributed by atoms with van der Waals surface area (Å²) >= 11 is 0. The van der Waals surface area contributed by atoms with Gasteiger partial charge in [-0.3, -0.25) is 30.0 Å². The highest BCUT2D eigenvalue weighted by Gasteiger charge is 2.27. The zero-order valence-electron chi connectivity index (χ0n) is 73.2. The van der Waals surface area contributed by atoms with Gasteiger partial charge in [0, 0.05) is 0 Å². The first-order valence-electron chi connectivity index (χ1n) is 41.6. The van der Waals surface area contributed by atoms with Gasteiger partial charge in [-0.15, -0.1) is 0 Å². The van der Waals surface area contributed by atoms with Gasteiger partial charge in [0.1, 0.15) is 0 Å². The Morgan fingerprint density at radius 2 is 0.288 bits per heavy atom. The van der Waals surface area contributed by atoms with Gasteiger partial charge >= 0.3 is 0 Å².